The molecule has 1 aliphatic heterocycles. The molecule has 0 aromatic heterocycles. The molecule has 0 unspecified atom stereocenters. The van der Waals surface area contributed by atoms with Crippen LogP contribution in [0.25, 0.3) is 0 Å². The first kappa shape index (κ1) is 26.6. The largest absolute Gasteiger partial charge is 0.495 e. The Bertz CT molecular complexity index is 1280. The van der Waals surface area contributed by atoms with E-state index in [-0.39, 0.29) is 32.1 Å². The van der Waals surface area contributed by atoms with E-state index in [2.05, 4.69) is 5.32 Å². The highest BCUT2D eigenvalue weighted by Gasteiger charge is 2.29. The minimum atomic E-state index is -3.84. The van der Waals surface area contributed by atoms with Crippen molar-refractivity contribution in [2.24, 2.45) is 0 Å². The molecular formula is C21H25Cl2N3O6S2. The van der Waals surface area contributed by atoms with E-state index >= 15 is 0 Å². The number of amides is 1. The Balaban J connectivity index is 1.86. The molecule has 1 heterocycles. The highest BCUT2D eigenvalue weighted by Crippen LogP contribution is 2.32. The average molecular weight is 550 g/mol. The van der Waals surface area contributed by atoms with Crippen LogP contribution in [0.5, 0.6) is 5.75 Å². The fourth-order valence-corrected chi connectivity index (χ4v) is 6.41. The Labute approximate surface area is 209 Å². The number of hydrogen-bond acceptors (Lipinski definition) is 6. The van der Waals surface area contributed by atoms with E-state index in [1.807, 2.05) is 0 Å². The molecule has 1 saturated heterocycles. The second kappa shape index (κ2) is 10.7. The molecule has 9 nitrogen and oxygen atoms in total. The lowest BCUT2D eigenvalue weighted by Gasteiger charge is -2.27. The van der Waals surface area contributed by atoms with Gasteiger partial charge in [0.1, 0.15) is 17.2 Å². The molecular weight excluding hydrogens is 525 g/mol. The lowest BCUT2D eigenvalue weighted by atomic mass is 10.2. The number of carbonyl (C=O) groups excluding carboxylic acids is 1. The third-order valence-electron chi connectivity index (χ3n) is 5.26. The third kappa shape index (κ3) is 6.14. The molecule has 0 aliphatic carbocycles. The molecule has 1 amide bonds. The molecule has 13 heteroatoms. The van der Waals surface area contributed by atoms with Gasteiger partial charge in [-0.15, -0.1) is 0 Å². The zero-order valence-electron chi connectivity index (χ0n) is 18.6. The Hall–Kier alpha value is -2.05. The molecule has 34 heavy (non-hydrogen) atoms. The van der Waals surface area contributed by atoms with Crippen LogP contribution in [0.15, 0.2) is 41.3 Å². The molecule has 0 radical (unpaired) electrons. The molecule has 0 atom stereocenters. The van der Waals surface area contributed by atoms with Crippen LogP contribution in [-0.4, -0.2) is 60.0 Å². The highest BCUT2D eigenvalue weighted by molar-refractivity contribution is 7.92. The van der Waals surface area contributed by atoms with Gasteiger partial charge in [-0.05, 0) is 49.2 Å². The summed E-state index contributed by atoms with van der Waals surface area (Å²) in [5.74, 6) is -0.528. The van der Waals surface area contributed by atoms with E-state index in [9.17, 15) is 21.6 Å². The predicted octanol–water partition coefficient (Wildman–Crippen LogP) is 3.58. The van der Waals surface area contributed by atoms with Crippen LogP contribution in [0.2, 0.25) is 10.0 Å². The van der Waals surface area contributed by atoms with Crippen molar-refractivity contribution in [1.82, 2.24) is 4.31 Å². The molecule has 3 rings (SSSR count). The molecule has 0 bridgehead atoms. The zero-order chi connectivity index (χ0) is 25.1. The molecule has 1 aliphatic rings. The fraction of sp³-hybridized carbons (Fsp3) is 0.381. The van der Waals surface area contributed by atoms with E-state index in [0.717, 1.165) is 29.8 Å². The van der Waals surface area contributed by atoms with Crippen molar-refractivity contribution < 1.29 is 26.4 Å². The van der Waals surface area contributed by atoms with Gasteiger partial charge in [0.2, 0.25) is 26.0 Å². The summed E-state index contributed by atoms with van der Waals surface area (Å²) < 4.78 is 58.5. The SMILES string of the molecule is COc1ccc(NC(=O)CN(c2ccc(Cl)c(Cl)c2)S(C)(=O)=O)cc1S(=O)(=O)N1CCCCC1. The van der Waals surface area contributed by atoms with Crippen molar-refractivity contribution in [2.75, 3.05) is 42.6 Å². The normalized spacial score (nSPS) is 15.1. The maximum atomic E-state index is 13.2. The van der Waals surface area contributed by atoms with E-state index in [1.165, 1.54) is 47.8 Å². The summed E-state index contributed by atoms with van der Waals surface area (Å²) in [5, 5.41) is 2.94. The number of carbonyl (C=O) groups is 1. The number of sulfonamides is 2. The van der Waals surface area contributed by atoms with Crippen molar-refractivity contribution >= 4 is 60.5 Å². The van der Waals surface area contributed by atoms with Crippen LogP contribution >= 0.6 is 23.2 Å². The van der Waals surface area contributed by atoms with Gasteiger partial charge in [0.05, 0.1) is 29.1 Å². The molecule has 0 saturated carbocycles. The number of piperidine rings is 1. The summed E-state index contributed by atoms with van der Waals surface area (Å²) >= 11 is 11.9. The Morgan fingerprint density at radius 2 is 1.71 bits per heavy atom. The maximum absolute atomic E-state index is 13.2. The van der Waals surface area contributed by atoms with Crippen LogP contribution < -0.4 is 14.4 Å². The van der Waals surface area contributed by atoms with Gasteiger partial charge >= 0.3 is 0 Å². The number of anilines is 2. The summed E-state index contributed by atoms with van der Waals surface area (Å²) in [4.78, 5) is 12.7. The average Bonchev–Trinajstić information content (AvgIpc) is 2.79. The van der Waals surface area contributed by atoms with Gasteiger partial charge in [-0.2, -0.15) is 4.31 Å². The lowest BCUT2D eigenvalue weighted by molar-refractivity contribution is -0.114. The first-order valence-electron chi connectivity index (χ1n) is 10.3. The minimum absolute atomic E-state index is 0.0702. The van der Waals surface area contributed by atoms with Crippen LogP contribution in [0.4, 0.5) is 11.4 Å². The Kier molecular flexibility index (Phi) is 8.35. The number of rotatable bonds is 8. The number of ether oxygens (including phenoxy) is 1. The number of halogens is 2. The monoisotopic (exact) mass is 549 g/mol. The smallest absolute Gasteiger partial charge is 0.246 e. The lowest BCUT2D eigenvalue weighted by Crippen LogP contribution is -2.37. The van der Waals surface area contributed by atoms with Crippen molar-refractivity contribution in [3.05, 3.63) is 46.4 Å². The van der Waals surface area contributed by atoms with Crippen molar-refractivity contribution in [2.45, 2.75) is 24.2 Å². The van der Waals surface area contributed by atoms with Crippen LogP contribution in [0.1, 0.15) is 19.3 Å². The van der Waals surface area contributed by atoms with Crippen LogP contribution in [-0.2, 0) is 24.8 Å². The summed E-state index contributed by atoms with van der Waals surface area (Å²) in [6, 6.07) is 8.44. The molecule has 1 N–H and O–H groups in total. The molecule has 186 valence electrons. The summed E-state index contributed by atoms with van der Waals surface area (Å²) in [6.07, 6.45) is 3.47. The van der Waals surface area contributed by atoms with Crippen LogP contribution in [0.3, 0.4) is 0 Å². The van der Waals surface area contributed by atoms with E-state index in [4.69, 9.17) is 27.9 Å². The first-order chi connectivity index (χ1) is 15.9. The summed E-state index contributed by atoms with van der Waals surface area (Å²) in [7, 11) is -6.32. The van der Waals surface area contributed by atoms with Gasteiger partial charge in [0.25, 0.3) is 0 Å². The van der Waals surface area contributed by atoms with Crippen molar-refractivity contribution in [3.8, 4) is 5.75 Å². The van der Waals surface area contributed by atoms with Crippen LogP contribution in [0, 0.1) is 0 Å². The predicted molar refractivity (Wildman–Crippen MR) is 133 cm³/mol. The number of benzene rings is 2. The second-order valence-corrected chi connectivity index (χ2v) is 12.4. The summed E-state index contributed by atoms with van der Waals surface area (Å²) in [6.45, 7) is 0.265. The van der Waals surface area contributed by atoms with E-state index in [1.54, 1.807) is 0 Å². The topological polar surface area (TPSA) is 113 Å². The number of methoxy groups -OCH3 is 1. The van der Waals surface area contributed by atoms with Crippen molar-refractivity contribution in [3.63, 3.8) is 0 Å². The number of nitrogens with one attached hydrogen (secondary N) is 1. The number of hydrogen-bond donors (Lipinski definition) is 1. The Morgan fingerprint density at radius 1 is 1.03 bits per heavy atom. The molecule has 0 spiro atoms. The van der Waals surface area contributed by atoms with Gasteiger partial charge in [-0.25, -0.2) is 16.8 Å². The first-order valence-corrected chi connectivity index (χ1v) is 14.4. The maximum Gasteiger partial charge on any atom is 0.246 e. The molecule has 2 aromatic carbocycles. The van der Waals surface area contributed by atoms with Gasteiger partial charge in [0, 0.05) is 18.8 Å². The van der Waals surface area contributed by atoms with Gasteiger partial charge in [0.15, 0.2) is 0 Å². The summed E-state index contributed by atoms with van der Waals surface area (Å²) in [5.41, 5.74) is 0.346. The third-order valence-corrected chi connectivity index (χ3v) is 9.06. The van der Waals surface area contributed by atoms with Gasteiger partial charge < -0.3 is 10.1 Å². The van der Waals surface area contributed by atoms with Crippen molar-refractivity contribution in [1.29, 1.82) is 0 Å². The highest BCUT2D eigenvalue weighted by atomic mass is 35.5. The van der Waals surface area contributed by atoms with E-state index in [0.29, 0.717) is 13.1 Å². The number of nitrogens with zero attached hydrogens (tertiary/aromatic N) is 2. The minimum Gasteiger partial charge on any atom is -0.495 e. The zero-order valence-corrected chi connectivity index (χ0v) is 21.8. The molecule has 2 aromatic rings. The van der Waals surface area contributed by atoms with Gasteiger partial charge in [-0.1, -0.05) is 29.6 Å². The standard InChI is InChI=1S/C21H25Cl2N3O6S2/c1-32-19-9-6-15(12-20(19)34(30,31)25-10-4-3-5-11-25)24-21(27)14-26(33(2,28)29)16-7-8-17(22)18(23)13-16/h6-9,12-13H,3-5,10-11,14H2,1-2H3,(H,24,27). The van der Waals surface area contributed by atoms with Gasteiger partial charge in [-0.3, -0.25) is 9.10 Å². The van der Waals surface area contributed by atoms with E-state index < -0.39 is 32.5 Å². The molecule has 1 fully saturated rings. The Morgan fingerprint density at radius 3 is 2.29 bits per heavy atom. The fourth-order valence-electron chi connectivity index (χ4n) is 3.57. The quantitative estimate of drug-likeness (QED) is 0.538. The second-order valence-electron chi connectivity index (χ2n) is 7.75.